The Bertz CT molecular complexity index is 1830. The van der Waals surface area contributed by atoms with E-state index in [2.05, 4.69) is 20.3 Å². The molecule has 0 saturated carbocycles. The molecule has 3 aromatic carbocycles. The van der Waals surface area contributed by atoms with Gasteiger partial charge in [-0.15, -0.1) is 11.3 Å². The molecule has 0 saturated heterocycles. The first-order valence-corrected chi connectivity index (χ1v) is 16.4. The van der Waals surface area contributed by atoms with Crippen LogP contribution in [0.5, 0.6) is 5.75 Å². The number of nitrogens with one attached hydrogen (secondary N) is 1. The standard InChI is InChI=1S/C30H29ClFN5O3S2/c1-4-37(2)26(17-42(3,38)39)28-15-33-30(41-28)20-8-10-25-23(13-20)29(35-18-34-25)36-22-9-11-27(24(31)14-22)40-16-19-6-5-7-21(32)12-19/h5-15,18,26H,4,16-17H2,1-3H3,(H,34,35,36)/t26-/m1/s1. The lowest BCUT2D eigenvalue weighted by Crippen LogP contribution is -2.29. The molecule has 0 bridgehead atoms. The van der Waals surface area contributed by atoms with Gasteiger partial charge >= 0.3 is 0 Å². The molecule has 1 atom stereocenters. The molecule has 2 aromatic heterocycles. The third-order valence-electron chi connectivity index (χ3n) is 6.70. The van der Waals surface area contributed by atoms with Crippen molar-refractivity contribution in [2.75, 3.05) is 30.9 Å². The van der Waals surface area contributed by atoms with E-state index in [1.54, 1.807) is 30.5 Å². The first-order valence-electron chi connectivity index (χ1n) is 13.1. The Labute approximate surface area is 253 Å². The van der Waals surface area contributed by atoms with Gasteiger partial charge in [0.25, 0.3) is 0 Å². The SMILES string of the molecule is CCN(C)[C@H](CS(C)(=O)=O)c1cnc(-c2ccc3ncnc(Nc4ccc(OCc5cccc(F)c5)c(Cl)c4)c3c2)s1. The number of sulfone groups is 1. The van der Waals surface area contributed by atoms with Crippen LogP contribution in [0.15, 0.2) is 73.2 Å². The maximum absolute atomic E-state index is 13.5. The largest absolute Gasteiger partial charge is 0.487 e. The summed E-state index contributed by atoms with van der Waals surface area (Å²) >= 11 is 7.97. The van der Waals surface area contributed by atoms with E-state index >= 15 is 0 Å². The van der Waals surface area contributed by atoms with Gasteiger partial charge in [0.2, 0.25) is 0 Å². The monoisotopic (exact) mass is 625 g/mol. The Hall–Kier alpha value is -3.64. The summed E-state index contributed by atoms with van der Waals surface area (Å²) in [6.45, 7) is 2.89. The smallest absolute Gasteiger partial charge is 0.149 e. The van der Waals surface area contributed by atoms with Gasteiger partial charge in [-0.05, 0) is 67.7 Å². The van der Waals surface area contributed by atoms with Crippen LogP contribution in [0.2, 0.25) is 5.02 Å². The summed E-state index contributed by atoms with van der Waals surface area (Å²) in [7, 11) is -1.28. The second-order valence-electron chi connectivity index (χ2n) is 9.89. The summed E-state index contributed by atoms with van der Waals surface area (Å²) in [4.78, 5) is 16.4. The number of halogens is 2. The van der Waals surface area contributed by atoms with Crippen LogP contribution in [-0.2, 0) is 16.4 Å². The molecule has 8 nitrogen and oxygen atoms in total. The van der Waals surface area contributed by atoms with E-state index in [-0.39, 0.29) is 24.2 Å². The Morgan fingerprint density at radius 3 is 2.67 bits per heavy atom. The van der Waals surface area contributed by atoms with Gasteiger partial charge in [0.1, 0.15) is 45.2 Å². The average Bonchev–Trinajstić information content (AvgIpc) is 3.45. The maximum atomic E-state index is 13.5. The van der Waals surface area contributed by atoms with E-state index in [9.17, 15) is 12.8 Å². The zero-order valence-corrected chi connectivity index (χ0v) is 25.6. The number of aromatic nitrogens is 3. The van der Waals surface area contributed by atoms with Gasteiger partial charge in [-0.2, -0.15) is 0 Å². The first-order chi connectivity index (χ1) is 20.1. The molecule has 1 N–H and O–H groups in total. The molecular formula is C30H29ClFN5O3S2. The Kier molecular flexibility index (Phi) is 9.02. The number of hydrogen-bond donors (Lipinski definition) is 1. The molecule has 0 fully saturated rings. The summed E-state index contributed by atoms with van der Waals surface area (Å²) in [6.07, 6.45) is 4.50. The predicted octanol–water partition coefficient (Wildman–Crippen LogP) is 6.91. The third-order valence-corrected chi connectivity index (χ3v) is 9.07. The number of benzene rings is 3. The number of anilines is 2. The fourth-order valence-electron chi connectivity index (χ4n) is 4.42. The van der Waals surface area contributed by atoms with Crippen LogP contribution in [0.4, 0.5) is 15.9 Å². The van der Waals surface area contributed by atoms with Gasteiger partial charge in [0, 0.05) is 34.0 Å². The summed E-state index contributed by atoms with van der Waals surface area (Å²) in [5.41, 5.74) is 3.02. The molecule has 0 radical (unpaired) electrons. The van der Waals surface area contributed by atoms with Crippen molar-refractivity contribution in [1.82, 2.24) is 19.9 Å². The molecule has 42 heavy (non-hydrogen) atoms. The Morgan fingerprint density at radius 1 is 1.10 bits per heavy atom. The van der Waals surface area contributed by atoms with Crippen molar-refractivity contribution in [2.24, 2.45) is 0 Å². The molecule has 5 aromatic rings. The van der Waals surface area contributed by atoms with Gasteiger partial charge in [-0.1, -0.05) is 30.7 Å². The van der Waals surface area contributed by atoms with Crippen LogP contribution < -0.4 is 10.1 Å². The fraction of sp³-hybridized carbons (Fsp3) is 0.233. The predicted molar refractivity (Wildman–Crippen MR) is 167 cm³/mol. The minimum atomic E-state index is -3.19. The fourth-order valence-corrected chi connectivity index (χ4v) is 6.84. The van der Waals surface area contributed by atoms with Crippen LogP contribution >= 0.6 is 22.9 Å². The average molecular weight is 626 g/mol. The van der Waals surface area contributed by atoms with E-state index in [1.807, 2.05) is 43.1 Å². The number of ether oxygens (including phenoxy) is 1. The quantitative estimate of drug-likeness (QED) is 0.169. The lowest BCUT2D eigenvalue weighted by Gasteiger charge is -2.24. The van der Waals surface area contributed by atoms with Crippen LogP contribution in [0.25, 0.3) is 21.5 Å². The second-order valence-corrected chi connectivity index (χ2v) is 13.5. The third kappa shape index (κ3) is 7.22. The minimum Gasteiger partial charge on any atom is -0.487 e. The first kappa shape index (κ1) is 29.8. The van der Waals surface area contributed by atoms with Gasteiger partial charge in [-0.3, -0.25) is 4.90 Å². The van der Waals surface area contributed by atoms with Crippen molar-refractivity contribution >= 4 is 55.2 Å². The zero-order chi connectivity index (χ0) is 29.9. The maximum Gasteiger partial charge on any atom is 0.149 e. The van der Waals surface area contributed by atoms with Crippen LogP contribution in [0.3, 0.4) is 0 Å². The second kappa shape index (κ2) is 12.7. The molecule has 0 aliphatic heterocycles. The topological polar surface area (TPSA) is 97.3 Å². The zero-order valence-electron chi connectivity index (χ0n) is 23.2. The lowest BCUT2D eigenvalue weighted by atomic mass is 10.1. The van der Waals surface area contributed by atoms with E-state index < -0.39 is 9.84 Å². The highest BCUT2D eigenvalue weighted by Crippen LogP contribution is 2.35. The summed E-state index contributed by atoms with van der Waals surface area (Å²) in [5.74, 6) is 0.764. The van der Waals surface area contributed by atoms with Crippen LogP contribution in [0.1, 0.15) is 23.4 Å². The minimum absolute atomic E-state index is 0.0236. The van der Waals surface area contributed by atoms with Crippen molar-refractivity contribution in [3.63, 3.8) is 0 Å². The summed E-state index contributed by atoms with van der Waals surface area (Å²) in [6, 6.07) is 17.1. The molecule has 0 amide bonds. The van der Waals surface area contributed by atoms with Crippen LogP contribution in [0, 0.1) is 5.82 Å². The molecular weight excluding hydrogens is 597 g/mol. The van der Waals surface area contributed by atoms with Gasteiger partial charge in [0.15, 0.2) is 0 Å². The van der Waals surface area contributed by atoms with Crippen molar-refractivity contribution in [2.45, 2.75) is 19.6 Å². The highest BCUT2D eigenvalue weighted by atomic mass is 35.5. The van der Waals surface area contributed by atoms with Crippen molar-refractivity contribution in [1.29, 1.82) is 0 Å². The molecule has 218 valence electrons. The summed E-state index contributed by atoms with van der Waals surface area (Å²) < 4.78 is 43.5. The van der Waals surface area contributed by atoms with Gasteiger partial charge < -0.3 is 10.1 Å². The van der Waals surface area contributed by atoms with Crippen molar-refractivity contribution in [3.8, 4) is 16.3 Å². The number of fused-ring (bicyclic) bond motifs is 1. The van der Waals surface area contributed by atoms with E-state index in [4.69, 9.17) is 16.3 Å². The molecule has 12 heteroatoms. The summed E-state index contributed by atoms with van der Waals surface area (Å²) in [5, 5.41) is 5.27. The Morgan fingerprint density at radius 2 is 1.93 bits per heavy atom. The number of rotatable bonds is 11. The van der Waals surface area contributed by atoms with E-state index in [0.29, 0.717) is 34.4 Å². The van der Waals surface area contributed by atoms with E-state index in [1.165, 1.54) is 36.1 Å². The molecule has 2 heterocycles. The number of thiazole rings is 1. The van der Waals surface area contributed by atoms with Crippen molar-refractivity contribution < 1.29 is 17.5 Å². The number of hydrogen-bond acceptors (Lipinski definition) is 9. The highest BCUT2D eigenvalue weighted by Gasteiger charge is 2.24. The molecule has 0 aliphatic carbocycles. The van der Waals surface area contributed by atoms with Gasteiger partial charge in [-0.25, -0.2) is 27.8 Å². The van der Waals surface area contributed by atoms with Crippen LogP contribution in [-0.4, -0.2) is 53.9 Å². The normalized spacial score (nSPS) is 12.5. The van der Waals surface area contributed by atoms with Crippen molar-refractivity contribution in [3.05, 3.63) is 94.5 Å². The molecule has 0 unspecified atom stereocenters. The highest BCUT2D eigenvalue weighted by molar-refractivity contribution is 7.90. The Balaban J connectivity index is 1.38. The lowest BCUT2D eigenvalue weighted by molar-refractivity contribution is 0.281. The van der Waals surface area contributed by atoms with E-state index in [0.717, 1.165) is 26.4 Å². The molecule has 0 spiro atoms. The van der Waals surface area contributed by atoms with Gasteiger partial charge in [0.05, 0.1) is 22.3 Å². The molecule has 0 aliphatic rings. The number of nitrogens with zero attached hydrogens (tertiary/aromatic N) is 4. The molecule has 5 rings (SSSR count).